The van der Waals surface area contributed by atoms with Crippen molar-refractivity contribution in [3.63, 3.8) is 0 Å². The van der Waals surface area contributed by atoms with Crippen LogP contribution in [0.3, 0.4) is 0 Å². The van der Waals surface area contributed by atoms with E-state index in [2.05, 4.69) is 20.3 Å². The van der Waals surface area contributed by atoms with Gasteiger partial charge < -0.3 is 10.2 Å². The second-order valence-corrected chi connectivity index (χ2v) is 7.56. The van der Waals surface area contributed by atoms with Gasteiger partial charge in [-0.1, -0.05) is 29.8 Å². The number of halogens is 5. The summed E-state index contributed by atoms with van der Waals surface area (Å²) in [5.74, 6) is -0.449. The van der Waals surface area contributed by atoms with Crippen LogP contribution in [0.5, 0.6) is 0 Å². The molecule has 1 saturated heterocycles. The first kappa shape index (κ1) is 21.3. The summed E-state index contributed by atoms with van der Waals surface area (Å²) in [6.07, 6.45) is -0.0887. The highest BCUT2D eigenvalue weighted by Gasteiger charge is 2.33. The molecule has 162 valence electrons. The van der Waals surface area contributed by atoms with Crippen molar-refractivity contribution in [2.45, 2.75) is 31.6 Å². The Morgan fingerprint density at radius 1 is 1.06 bits per heavy atom. The summed E-state index contributed by atoms with van der Waals surface area (Å²) >= 11 is 5.77. The second kappa shape index (κ2) is 8.66. The van der Waals surface area contributed by atoms with Gasteiger partial charge in [0.05, 0.1) is 11.6 Å². The van der Waals surface area contributed by atoms with Crippen LogP contribution in [0.2, 0.25) is 5.15 Å². The molecule has 0 saturated carbocycles. The SMILES string of the molecule is Fc1c(NCc2ccc(Cl)nc2)ncnc1N1CCC[C@@H]1c1ccc(C(F)(F)F)cc1. The van der Waals surface area contributed by atoms with Gasteiger partial charge >= 0.3 is 6.18 Å². The Kier molecular flexibility index (Phi) is 5.95. The fraction of sp³-hybridized carbons (Fsp3) is 0.286. The standard InChI is InChI=1S/C21H18ClF4N5/c22-17-8-3-13(10-27-17)11-28-19-18(23)20(30-12-29-19)31-9-1-2-16(31)14-4-6-15(7-5-14)21(24,25)26/h3-8,10,12,16H,1-2,9,11H2,(H,28,29,30)/t16-/m1/s1. The lowest BCUT2D eigenvalue weighted by molar-refractivity contribution is -0.137. The van der Waals surface area contributed by atoms with E-state index in [9.17, 15) is 13.2 Å². The molecule has 3 heterocycles. The van der Waals surface area contributed by atoms with Gasteiger partial charge in [0.25, 0.3) is 0 Å². The first-order valence-corrected chi connectivity index (χ1v) is 9.99. The van der Waals surface area contributed by atoms with Crippen molar-refractivity contribution in [1.29, 1.82) is 0 Å². The smallest absolute Gasteiger partial charge is 0.363 e. The molecular formula is C21H18ClF4N5. The van der Waals surface area contributed by atoms with E-state index in [0.717, 1.165) is 24.1 Å². The number of nitrogens with one attached hydrogen (secondary N) is 1. The largest absolute Gasteiger partial charge is 0.416 e. The number of anilines is 2. The zero-order valence-corrected chi connectivity index (χ0v) is 17.0. The van der Waals surface area contributed by atoms with Crippen LogP contribution < -0.4 is 10.2 Å². The summed E-state index contributed by atoms with van der Waals surface area (Å²) in [4.78, 5) is 13.8. The van der Waals surface area contributed by atoms with E-state index in [1.165, 1.54) is 18.5 Å². The van der Waals surface area contributed by atoms with Crippen molar-refractivity contribution in [1.82, 2.24) is 15.0 Å². The quantitative estimate of drug-likeness (QED) is 0.402. The van der Waals surface area contributed by atoms with Gasteiger partial charge in [0.15, 0.2) is 11.6 Å². The lowest BCUT2D eigenvalue weighted by atomic mass is 10.0. The second-order valence-electron chi connectivity index (χ2n) is 7.17. The lowest BCUT2D eigenvalue weighted by Gasteiger charge is -2.27. The first-order valence-electron chi connectivity index (χ1n) is 9.61. The highest BCUT2D eigenvalue weighted by atomic mass is 35.5. The third-order valence-electron chi connectivity index (χ3n) is 5.17. The Balaban J connectivity index is 1.54. The molecule has 0 unspecified atom stereocenters. The molecule has 0 bridgehead atoms. The van der Waals surface area contributed by atoms with Gasteiger partial charge in [0.1, 0.15) is 11.5 Å². The maximum absolute atomic E-state index is 15.2. The highest BCUT2D eigenvalue weighted by molar-refractivity contribution is 6.29. The van der Waals surface area contributed by atoms with E-state index in [1.807, 2.05) is 0 Å². The number of nitrogens with zero attached hydrogens (tertiary/aromatic N) is 4. The maximum Gasteiger partial charge on any atom is 0.416 e. The van der Waals surface area contributed by atoms with Gasteiger partial charge in [-0.2, -0.15) is 17.6 Å². The van der Waals surface area contributed by atoms with E-state index in [4.69, 9.17) is 11.6 Å². The summed E-state index contributed by atoms with van der Waals surface area (Å²) in [5, 5.41) is 3.29. The molecule has 1 aliphatic heterocycles. The van der Waals surface area contributed by atoms with E-state index in [0.29, 0.717) is 30.2 Å². The molecule has 4 rings (SSSR count). The molecule has 1 N–H and O–H groups in total. The van der Waals surface area contributed by atoms with Gasteiger partial charge in [-0.15, -0.1) is 0 Å². The van der Waals surface area contributed by atoms with Gasteiger partial charge in [-0.25, -0.2) is 15.0 Å². The average Bonchev–Trinajstić information content (AvgIpc) is 3.23. The minimum atomic E-state index is -4.40. The van der Waals surface area contributed by atoms with Crippen LogP contribution in [0.25, 0.3) is 0 Å². The number of hydrogen-bond acceptors (Lipinski definition) is 5. The van der Waals surface area contributed by atoms with Gasteiger partial charge in [-0.05, 0) is 42.2 Å². The highest BCUT2D eigenvalue weighted by Crippen LogP contribution is 2.38. The maximum atomic E-state index is 15.2. The molecule has 1 aromatic carbocycles. The van der Waals surface area contributed by atoms with Gasteiger partial charge in [0, 0.05) is 19.3 Å². The number of hydrogen-bond donors (Lipinski definition) is 1. The molecule has 1 aliphatic rings. The summed E-state index contributed by atoms with van der Waals surface area (Å²) in [7, 11) is 0. The van der Waals surface area contributed by atoms with Crippen LogP contribution in [0.15, 0.2) is 48.9 Å². The normalized spacial score (nSPS) is 16.5. The number of rotatable bonds is 5. The van der Waals surface area contributed by atoms with Gasteiger partial charge in [0.2, 0.25) is 5.82 Å². The summed E-state index contributed by atoms with van der Waals surface area (Å²) in [6, 6.07) is 8.13. The molecule has 1 fully saturated rings. The third-order valence-corrected chi connectivity index (χ3v) is 5.39. The fourth-order valence-electron chi connectivity index (χ4n) is 3.64. The van der Waals surface area contributed by atoms with E-state index in [1.54, 1.807) is 23.2 Å². The van der Waals surface area contributed by atoms with Gasteiger partial charge in [-0.3, -0.25) is 0 Å². The van der Waals surface area contributed by atoms with E-state index < -0.39 is 17.6 Å². The number of benzene rings is 1. The van der Waals surface area contributed by atoms with Crippen LogP contribution >= 0.6 is 11.6 Å². The molecule has 0 aliphatic carbocycles. The van der Waals surface area contributed by atoms with Crippen LogP contribution in [-0.4, -0.2) is 21.5 Å². The first-order chi connectivity index (χ1) is 14.8. The van der Waals surface area contributed by atoms with Crippen LogP contribution in [0.1, 0.15) is 35.6 Å². The molecule has 3 aromatic rings. The van der Waals surface area contributed by atoms with Crippen LogP contribution in [-0.2, 0) is 12.7 Å². The minimum Gasteiger partial charge on any atom is -0.363 e. The van der Waals surface area contributed by atoms with Crippen molar-refractivity contribution in [3.05, 3.63) is 76.6 Å². The molecule has 1 atom stereocenters. The predicted octanol–water partition coefficient (Wildman–Crippen LogP) is 5.64. The zero-order valence-electron chi connectivity index (χ0n) is 16.2. The molecule has 0 amide bonds. The topological polar surface area (TPSA) is 53.9 Å². The van der Waals surface area contributed by atoms with E-state index >= 15 is 4.39 Å². The average molecular weight is 452 g/mol. The van der Waals surface area contributed by atoms with Crippen molar-refractivity contribution in [2.24, 2.45) is 0 Å². The Labute approximate surface area is 181 Å². The molecule has 2 aromatic heterocycles. The molecule has 10 heteroatoms. The summed E-state index contributed by atoms with van der Waals surface area (Å²) in [5.41, 5.74) is 0.773. The molecule has 31 heavy (non-hydrogen) atoms. The number of aromatic nitrogens is 3. The minimum absolute atomic E-state index is 0.0398. The Hall–Kier alpha value is -2.94. The molecular weight excluding hydrogens is 434 g/mol. The summed E-state index contributed by atoms with van der Waals surface area (Å²) < 4.78 is 53.8. The summed E-state index contributed by atoms with van der Waals surface area (Å²) in [6.45, 7) is 0.833. The monoisotopic (exact) mass is 451 g/mol. The van der Waals surface area contributed by atoms with Crippen molar-refractivity contribution in [3.8, 4) is 0 Å². The Morgan fingerprint density at radius 2 is 1.84 bits per heavy atom. The van der Waals surface area contributed by atoms with Crippen LogP contribution in [0.4, 0.5) is 29.2 Å². The molecule has 0 spiro atoms. The van der Waals surface area contributed by atoms with Crippen molar-refractivity contribution >= 4 is 23.2 Å². The number of pyridine rings is 1. The van der Waals surface area contributed by atoms with Crippen molar-refractivity contribution < 1.29 is 17.6 Å². The lowest BCUT2D eigenvalue weighted by Crippen LogP contribution is -2.25. The van der Waals surface area contributed by atoms with Crippen molar-refractivity contribution in [2.75, 3.05) is 16.8 Å². The predicted molar refractivity (Wildman–Crippen MR) is 109 cm³/mol. The Bertz CT molecular complexity index is 1040. The zero-order chi connectivity index (χ0) is 22.0. The molecule has 0 radical (unpaired) electrons. The fourth-order valence-corrected chi connectivity index (χ4v) is 3.75. The number of alkyl halides is 3. The van der Waals surface area contributed by atoms with Crippen LogP contribution in [0, 0.1) is 5.82 Å². The third kappa shape index (κ3) is 4.71. The Morgan fingerprint density at radius 3 is 2.52 bits per heavy atom. The molecule has 5 nitrogen and oxygen atoms in total. The van der Waals surface area contributed by atoms with E-state index in [-0.39, 0.29) is 17.7 Å².